The van der Waals surface area contributed by atoms with Gasteiger partial charge in [0, 0.05) is 6.20 Å². The van der Waals surface area contributed by atoms with Gasteiger partial charge < -0.3 is 9.72 Å². The molecule has 2 aromatic rings. The molecule has 0 fully saturated rings. The maximum atomic E-state index is 5.23. The molecule has 0 radical (unpaired) electrons. The van der Waals surface area contributed by atoms with Gasteiger partial charge >= 0.3 is 0 Å². The van der Waals surface area contributed by atoms with Crippen molar-refractivity contribution in [3.63, 3.8) is 0 Å². The highest BCUT2D eigenvalue weighted by atomic mass is 79.9. The number of nitrogens with zero attached hydrogens (tertiary/aromatic N) is 2. The summed E-state index contributed by atoms with van der Waals surface area (Å²) in [7, 11) is 0. The fourth-order valence-corrected chi connectivity index (χ4v) is 1.50. The fourth-order valence-electron chi connectivity index (χ4n) is 1.08. The van der Waals surface area contributed by atoms with Gasteiger partial charge in [-0.05, 0) is 22.9 Å². The number of fused-ring (bicyclic) bond motifs is 1. The Morgan fingerprint density at radius 2 is 2.38 bits per heavy atom. The fraction of sp³-hybridized carbons (Fsp3) is 0.250. The Morgan fingerprint density at radius 1 is 1.54 bits per heavy atom. The van der Waals surface area contributed by atoms with E-state index in [2.05, 4.69) is 30.9 Å². The quantitative estimate of drug-likeness (QED) is 0.877. The van der Waals surface area contributed by atoms with Crippen LogP contribution < -0.4 is 4.74 Å². The van der Waals surface area contributed by atoms with Crippen LogP contribution in [0.25, 0.3) is 11.0 Å². The van der Waals surface area contributed by atoms with E-state index in [9.17, 15) is 0 Å². The molecule has 5 heteroatoms. The number of halogens is 1. The largest absolute Gasteiger partial charge is 0.465 e. The third-order valence-corrected chi connectivity index (χ3v) is 2.19. The van der Waals surface area contributed by atoms with Gasteiger partial charge in [0.25, 0.3) is 6.01 Å². The predicted octanol–water partition coefficient (Wildman–Crippen LogP) is 2.12. The minimum Gasteiger partial charge on any atom is -0.465 e. The number of hydrogen-bond acceptors (Lipinski definition) is 3. The molecule has 0 aromatic carbocycles. The standard InChI is InChI=1S/C8H8BrN3O/c1-2-13-8-11-6-4-10-3-5(9)7(6)12-8/h3-4H,2H2,1H3,(H,11,12). The molecular weight excluding hydrogens is 234 g/mol. The summed E-state index contributed by atoms with van der Waals surface area (Å²) in [5, 5.41) is 0. The first-order chi connectivity index (χ1) is 6.31. The Bertz CT molecular complexity index is 426. The van der Waals surface area contributed by atoms with E-state index in [4.69, 9.17) is 4.74 Å². The first-order valence-electron chi connectivity index (χ1n) is 3.93. The van der Waals surface area contributed by atoms with Crippen LogP contribution in [0.2, 0.25) is 0 Å². The zero-order valence-electron chi connectivity index (χ0n) is 7.04. The van der Waals surface area contributed by atoms with Crippen LogP contribution in [0.3, 0.4) is 0 Å². The normalized spacial score (nSPS) is 10.6. The molecule has 2 rings (SSSR count). The van der Waals surface area contributed by atoms with E-state index in [1.807, 2.05) is 6.92 Å². The van der Waals surface area contributed by atoms with Gasteiger partial charge in [0.1, 0.15) is 5.52 Å². The molecule has 1 N–H and O–H groups in total. The summed E-state index contributed by atoms with van der Waals surface area (Å²) in [6.07, 6.45) is 3.43. The first-order valence-corrected chi connectivity index (χ1v) is 4.72. The SMILES string of the molecule is CCOc1nc2c(Br)cncc2[nH]1. The number of ether oxygens (including phenoxy) is 1. The lowest BCUT2D eigenvalue weighted by molar-refractivity contribution is 0.317. The lowest BCUT2D eigenvalue weighted by atomic mass is 10.4. The second-order valence-electron chi connectivity index (χ2n) is 2.49. The van der Waals surface area contributed by atoms with Gasteiger partial charge in [-0.25, -0.2) is 0 Å². The van der Waals surface area contributed by atoms with Crippen molar-refractivity contribution in [3.8, 4) is 6.01 Å². The van der Waals surface area contributed by atoms with Crippen LogP contribution in [0.5, 0.6) is 6.01 Å². The molecule has 0 aliphatic heterocycles. The lowest BCUT2D eigenvalue weighted by Crippen LogP contribution is -1.92. The average Bonchev–Trinajstić information content (AvgIpc) is 2.49. The summed E-state index contributed by atoms with van der Waals surface area (Å²) in [6.45, 7) is 2.52. The first kappa shape index (κ1) is 8.50. The van der Waals surface area contributed by atoms with Crippen LogP contribution in [-0.2, 0) is 0 Å². The van der Waals surface area contributed by atoms with E-state index < -0.39 is 0 Å². The molecule has 2 heterocycles. The number of pyridine rings is 1. The molecular formula is C8H8BrN3O. The lowest BCUT2D eigenvalue weighted by Gasteiger charge is -1.93. The Morgan fingerprint density at radius 3 is 3.08 bits per heavy atom. The highest BCUT2D eigenvalue weighted by Crippen LogP contribution is 2.22. The number of aromatic nitrogens is 3. The predicted molar refractivity (Wildman–Crippen MR) is 52.8 cm³/mol. The van der Waals surface area contributed by atoms with Gasteiger partial charge in [0.2, 0.25) is 0 Å². The van der Waals surface area contributed by atoms with Crippen LogP contribution in [0.4, 0.5) is 0 Å². The van der Waals surface area contributed by atoms with Gasteiger partial charge in [-0.1, -0.05) is 0 Å². The minimum absolute atomic E-state index is 0.534. The monoisotopic (exact) mass is 241 g/mol. The Hall–Kier alpha value is -1.10. The molecule has 0 aliphatic rings. The number of rotatable bonds is 2. The zero-order valence-corrected chi connectivity index (χ0v) is 8.63. The van der Waals surface area contributed by atoms with Crippen LogP contribution in [0, 0.1) is 0 Å². The van der Waals surface area contributed by atoms with Crippen LogP contribution in [0.1, 0.15) is 6.92 Å². The molecule has 0 spiro atoms. The van der Waals surface area contributed by atoms with Crippen molar-refractivity contribution in [1.82, 2.24) is 15.0 Å². The summed E-state index contributed by atoms with van der Waals surface area (Å²) in [4.78, 5) is 11.3. The minimum atomic E-state index is 0.534. The molecule has 2 aromatic heterocycles. The van der Waals surface area contributed by atoms with E-state index in [0.29, 0.717) is 12.6 Å². The summed E-state index contributed by atoms with van der Waals surface area (Å²) < 4.78 is 6.10. The highest BCUT2D eigenvalue weighted by Gasteiger charge is 2.05. The van der Waals surface area contributed by atoms with E-state index in [1.165, 1.54) is 0 Å². The topological polar surface area (TPSA) is 50.8 Å². The molecule has 0 amide bonds. The molecule has 0 bridgehead atoms. The maximum Gasteiger partial charge on any atom is 0.294 e. The van der Waals surface area contributed by atoms with Crippen molar-refractivity contribution < 1.29 is 4.74 Å². The van der Waals surface area contributed by atoms with E-state index in [0.717, 1.165) is 15.5 Å². The van der Waals surface area contributed by atoms with Gasteiger partial charge in [-0.2, -0.15) is 4.98 Å². The molecule has 13 heavy (non-hydrogen) atoms. The molecule has 0 unspecified atom stereocenters. The van der Waals surface area contributed by atoms with Gasteiger partial charge in [0.15, 0.2) is 0 Å². The number of nitrogens with one attached hydrogen (secondary N) is 1. The maximum absolute atomic E-state index is 5.23. The van der Waals surface area contributed by atoms with Crippen molar-refractivity contribution >= 4 is 27.0 Å². The van der Waals surface area contributed by atoms with Crippen LogP contribution in [-0.4, -0.2) is 21.6 Å². The molecule has 0 saturated heterocycles. The molecule has 68 valence electrons. The van der Waals surface area contributed by atoms with Crippen molar-refractivity contribution in [2.75, 3.05) is 6.61 Å². The summed E-state index contributed by atoms with van der Waals surface area (Å²) >= 11 is 3.36. The number of imidazole rings is 1. The van der Waals surface area contributed by atoms with Gasteiger partial charge in [-0.15, -0.1) is 0 Å². The third-order valence-electron chi connectivity index (χ3n) is 1.61. The smallest absolute Gasteiger partial charge is 0.294 e. The van der Waals surface area contributed by atoms with Crippen molar-refractivity contribution in [3.05, 3.63) is 16.9 Å². The molecule has 4 nitrogen and oxygen atoms in total. The molecule has 0 atom stereocenters. The Balaban J connectivity index is 2.55. The van der Waals surface area contributed by atoms with Gasteiger partial charge in [0.05, 0.1) is 22.8 Å². The van der Waals surface area contributed by atoms with Gasteiger partial charge in [-0.3, -0.25) is 4.98 Å². The third kappa shape index (κ3) is 1.51. The second kappa shape index (κ2) is 3.33. The molecule has 0 aliphatic carbocycles. The van der Waals surface area contributed by atoms with Crippen molar-refractivity contribution in [2.45, 2.75) is 6.92 Å². The Kier molecular flexibility index (Phi) is 2.18. The number of aromatic amines is 1. The van der Waals surface area contributed by atoms with Crippen LogP contribution in [0.15, 0.2) is 16.9 Å². The molecule has 0 saturated carbocycles. The van der Waals surface area contributed by atoms with E-state index in [-0.39, 0.29) is 0 Å². The Labute approximate surface area is 83.5 Å². The summed E-state index contributed by atoms with van der Waals surface area (Å²) in [6, 6.07) is 0.534. The summed E-state index contributed by atoms with van der Waals surface area (Å²) in [5.74, 6) is 0. The van der Waals surface area contributed by atoms with E-state index in [1.54, 1.807) is 12.4 Å². The van der Waals surface area contributed by atoms with E-state index >= 15 is 0 Å². The number of hydrogen-bond donors (Lipinski definition) is 1. The van der Waals surface area contributed by atoms with Crippen molar-refractivity contribution in [2.24, 2.45) is 0 Å². The number of H-pyrrole nitrogens is 1. The zero-order chi connectivity index (χ0) is 9.26. The van der Waals surface area contributed by atoms with Crippen molar-refractivity contribution in [1.29, 1.82) is 0 Å². The highest BCUT2D eigenvalue weighted by molar-refractivity contribution is 9.10. The van der Waals surface area contributed by atoms with Crippen LogP contribution >= 0.6 is 15.9 Å². The second-order valence-corrected chi connectivity index (χ2v) is 3.35. The average molecular weight is 242 g/mol. The summed E-state index contributed by atoms with van der Waals surface area (Å²) in [5.41, 5.74) is 1.72.